The molecule has 2 aliphatic rings. The molecule has 108 valence electrons. The van der Waals surface area contributed by atoms with Crippen LogP contribution in [0.2, 0.25) is 0 Å². The van der Waals surface area contributed by atoms with Crippen molar-refractivity contribution < 1.29 is 9.59 Å². The summed E-state index contributed by atoms with van der Waals surface area (Å²) >= 11 is 1.80. The van der Waals surface area contributed by atoms with Crippen molar-refractivity contribution in [1.29, 1.82) is 0 Å². The van der Waals surface area contributed by atoms with Crippen molar-refractivity contribution in [2.24, 2.45) is 0 Å². The average molecular weight is 284 g/mol. The van der Waals surface area contributed by atoms with Crippen LogP contribution in [-0.4, -0.2) is 46.8 Å². The molecule has 1 saturated carbocycles. The predicted octanol–water partition coefficient (Wildman–Crippen LogP) is 1.79. The minimum absolute atomic E-state index is 0.0225. The van der Waals surface area contributed by atoms with Gasteiger partial charge in [-0.05, 0) is 38.2 Å². The van der Waals surface area contributed by atoms with Crippen LogP contribution < -0.4 is 5.32 Å². The zero-order valence-electron chi connectivity index (χ0n) is 11.9. The number of carbonyl (C=O) groups is 2. The third kappa shape index (κ3) is 3.07. The van der Waals surface area contributed by atoms with E-state index in [1.165, 1.54) is 0 Å². The van der Waals surface area contributed by atoms with Crippen LogP contribution in [0.5, 0.6) is 0 Å². The molecule has 0 aromatic heterocycles. The van der Waals surface area contributed by atoms with Crippen LogP contribution in [0.4, 0.5) is 0 Å². The predicted molar refractivity (Wildman–Crippen MR) is 78.1 cm³/mol. The van der Waals surface area contributed by atoms with E-state index in [2.05, 4.69) is 11.6 Å². The van der Waals surface area contributed by atoms with Gasteiger partial charge in [-0.15, -0.1) is 0 Å². The first-order valence-electron chi connectivity index (χ1n) is 7.20. The summed E-state index contributed by atoms with van der Waals surface area (Å²) in [6.07, 6.45) is 7.22. The Morgan fingerprint density at radius 1 is 1.37 bits per heavy atom. The summed E-state index contributed by atoms with van der Waals surface area (Å²) in [6, 6.07) is 0.0225. The van der Waals surface area contributed by atoms with Crippen LogP contribution in [0.1, 0.15) is 45.4 Å². The summed E-state index contributed by atoms with van der Waals surface area (Å²) in [6.45, 7) is 2.77. The Morgan fingerprint density at radius 3 is 2.68 bits per heavy atom. The Bertz CT molecular complexity index is 353. The summed E-state index contributed by atoms with van der Waals surface area (Å²) in [7, 11) is 0. The van der Waals surface area contributed by atoms with Crippen LogP contribution in [0.15, 0.2) is 0 Å². The van der Waals surface area contributed by atoms with Crippen molar-refractivity contribution in [3.05, 3.63) is 0 Å². The monoisotopic (exact) mass is 284 g/mol. The quantitative estimate of drug-likeness (QED) is 0.801. The molecule has 1 spiro atoms. The van der Waals surface area contributed by atoms with Crippen molar-refractivity contribution in [3.63, 3.8) is 0 Å². The Balaban J connectivity index is 2.14. The van der Waals surface area contributed by atoms with Crippen molar-refractivity contribution in [1.82, 2.24) is 10.2 Å². The molecule has 1 atom stereocenters. The lowest BCUT2D eigenvalue weighted by Gasteiger charge is -2.34. The normalized spacial score (nSPS) is 26.6. The van der Waals surface area contributed by atoms with Crippen LogP contribution in [0, 0.1) is 0 Å². The van der Waals surface area contributed by atoms with Crippen LogP contribution >= 0.6 is 11.8 Å². The van der Waals surface area contributed by atoms with Crippen LogP contribution in [-0.2, 0) is 9.59 Å². The fraction of sp³-hybridized carbons (Fsp3) is 0.857. The zero-order valence-corrected chi connectivity index (χ0v) is 12.7. The lowest BCUT2D eigenvalue weighted by molar-refractivity contribution is -0.139. The molecule has 2 fully saturated rings. The fourth-order valence-electron chi connectivity index (χ4n) is 3.24. The molecule has 2 amide bonds. The smallest absolute Gasteiger partial charge is 0.248 e. The molecule has 19 heavy (non-hydrogen) atoms. The summed E-state index contributed by atoms with van der Waals surface area (Å²) < 4.78 is 0. The highest BCUT2D eigenvalue weighted by atomic mass is 32.2. The maximum atomic E-state index is 12.8. The Kier molecular flexibility index (Phi) is 4.76. The third-order valence-electron chi connectivity index (χ3n) is 4.27. The van der Waals surface area contributed by atoms with Gasteiger partial charge in [0.2, 0.25) is 11.8 Å². The number of carbonyl (C=O) groups excluding carboxylic acids is 2. The highest BCUT2D eigenvalue weighted by Gasteiger charge is 2.47. The summed E-state index contributed by atoms with van der Waals surface area (Å²) in [5.41, 5.74) is -0.582. The second-order valence-electron chi connectivity index (χ2n) is 5.74. The van der Waals surface area contributed by atoms with Crippen LogP contribution in [0.3, 0.4) is 0 Å². The van der Waals surface area contributed by atoms with Crippen molar-refractivity contribution in [2.45, 2.75) is 57.0 Å². The number of thioether (sulfide) groups is 1. The fourth-order valence-corrected chi connectivity index (χ4v) is 3.66. The van der Waals surface area contributed by atoms with Crippen LogP contribution in [0.25, 0.3) is 0 Å². The van der Waals surface area contributed by atoms with E-state index in [9.17, 15) is 9.59 Å². The minimum Gasteiger partial charge on any atom is -0.342 e. The summed E-state index contributed by atoms with van der Waals surface area (Å²) in [5.74, 6) is 1.25. The molecule has 1 aliphatic heterocycles. The molecule has 1 saturated heterocycles. The Hall–Kier alpha value is -0.710. The first kappa shape index (κ1) is 14.7. The second-order valence-corrected chi connectivity index (χ2v) is 6.72. The van der Waals surface area contributed by atoms with E-state index in [0.717, 1.165) is 44.4 Å². The minimum atomic E-state index is -0.582. The molecule has 1 unspecified atom stereocenters. The van der Waals surface area contributed by atoms with Crippen molar-refractivity contribution >= 4 is 23.6 Å². The number of nitrogens with zero attached hydrogens (tertiary/aromatic N) is 1. The lowest BCUT2D eigenvalue weighted by Crippen LogP contribution is -2.56. The van der Waals surface area contributed by atoms with Gasteiger partial charge in [-0.3, -0.25) is 9.59 Å². The molecule has 5 heteroatoms. The van der Waals surface area contributed by atoms with Gasteiger partial charge in [-0.2, -0.15) is 11.8 Å². The zero-order chi connectivity index (χ0) is 13.9. The molecule has 1 heterocycles. The van der Waals surface area contributed by atoms with Gasteiger partial charge < -0.3 is 10.2 Å². The SMILES string of the molecule is CSCCCN1C(=O)C2(CCCC2)NC(=O)CC1C. The first-order chi connectivity index (χ1) is 9.09. The van der Waals surface area contributed by atoms with Gasteiger partial charge >= 0.3 is 0 Å². The van der Waals surface area contributed by atoms with Crippen molar-refractivity contribution in [3.8, 4) is 0 Å². The average Bonchev–Trinajstić information content (AvgIpc) is 2.80. The second kappa shape index (κ2) is 6.16. The molecule has 0 bridgehead atoms. The van der Waals surface area contributed by atoms with E-state index < -0.39 is 5.54 Å². The molecular weight excluding hydrogens is 260 g/mol. The van der Waals surface area contributed by atoms with E-state index in [-0.39, 0.29) is 17.9 Å². The Morgan fingerprint density at radius 2 is 2.05 bits per heavy atom. The molecular formula is C14H24N2O2S. The third-order valence-corrected chi connectivity index (χ3v) is 4.96. The lowest BCUT2D eigenvalue weighted by atomic mass is 9.95. The largest absolute Gasteiger partial charge is 0.342 e. The van der Waals surface area contributed by atoms with E-state index in [1.54, 1.807) is 11.8 Å². The van der Waals surface area contributed by atoms with Gasteiger partial charge in [-0.25, -0.2) is 0 Å². The molecule has 2 rings (SSSR count). The number of rotatable bonds is 4. The van der Waals surface area contributed by atoms with Crippen molar-refractivity contribution in [2.75, 3.05) is 18.6 Å². The molecule has 0 radical (unpaired) electrons. The molecule has 0 aromatic carbocycles. The van der Waals surface area contributed by atoms with E-state index in [0.29, 0.717) is 6.42 Å². The number of nitrogens with one attached hydrogen (secondary N) is 1. The highest BCUT2D eigenvalue weighted by Crippen LogP contribution is 2.34. The maximum Gasteiger partial charge on any atom is 0.248 e. The van der Waals surface area contributed by atoms with Gasteiger partial charge in [0, 0.05) is 19.0 Å². The van der Waals surface area contributed by atoms with E-state index >= 15 is 0 Å². The van der Waals surface area contributed by atoms with Gasteiger partial charge in [0.25, 0.3) is 0 Å². The molecule has 1 aliphatic carbocycles. The number of hydrogen-bond donors (Lipinski definition) is 1. The van der Waals surface area contributed by atoms with E-state index in [1.807, 2.05) is 11.8 Å². The Labute approximate surface area is 119 Å². The molecule has 1 N–H and O–H groups in total. The van der Waals surface area contributed by atoms with Gasteiger partial charge in [0.1, 0.15) is 5.54 Å². The summed E-state index contributed by atoms with van der Waals surface area (Å²) in [4.78, 5) is 26.7. The molecule has 0 aromatic rings. The maximum absolute atomic E-state index is 12.8. The van der Waals surface area contributed by atoms with Gasteiger partial charge in [-0.1, -0.05) is 12.8 Å². The van der Waals surface area contributed by atoms with Gasteiger partial charge in [0.05, 0.1) is 0 Å². The number of hydrogen-bond acceptors (Lipinski definition) is 3. The standard InChI is InChI=1S/C14H24N2O2S/c1-11-10-12(17)15-14(6-3-4-7-14)13(18)16(11)8-5-9-19-2/h11H,3-10H2,1-2H3,(H,15,17). The first-order valence-corrected chi connectivity index (χ1v) is 8.59. The van der Waals surface area contributed by atoms with E-state index in [4.69, 9.17) is 0 Å². The highest BCUT2D eigenvalue weighted by molar-refractivity contribution is 7.98. The topological polar surface area (TPSA) is 49.4 Å². The van der Waals surface area contributed by atoms with Gasteiger partial charge in [0.15, 0.2) is 0 Å². The number of amides is 2. The summed E-state index contributed by atoms with van der Waals surface area (Å²) in [5, 5.41) is 3.02. The molecule has 4 nitrogen and oxygen atoms in total.